The number of rotatable bonds is 4. The molecule has 6 rings (SSSR count). The average molecular weight is 510 g/mol. The molecule has 2 aliphatic carbocycles. The Morgan fingerprint density at radius 1 is 1.00 bits per heavy atom. The van der Waals surface area contributed by atoms with Gasteiger partial charge in [-0.1, -0.05) is 17.7 Å². The third-order valence-electron chi connectivity index (χ3n) is 7.65. The molecule has 3 aromatic rings. The molecule has 1 aliphatic heterocycles. The Hall–Kier alpha value is -3.39. The molecule has 1 saturated carbocycles. The molecule has 1 atom stereocenters. The van der Waals surface area contributed by atoms with Crippen molar-refractivity contribution in [3.63, 3.8) is 0 Å². The number of aromatic carboxylic acids is 1. The normalized spacial score (nSPS) is 19.6. The first-order valence-corrected chi connectivity index (χ1v) is 12.6. The first kappa shape index (κ1) is 23.0. The van der Waals surface area contributed by atoms with Gasteiger partial charge < -0.3 is 19.5 Å². The maximum Gasteiger partial charge on any atom is 0.341 e. The van der Waals surface area contributed by atoms with Crippen molar-refractivity contribution in [3.8, 4) is 0 Å². The fourth-order valence-electron chi connectivity index (χ4n) is 5.60. The van der Waals surface area contributed by atoms with Gasteiger partial charge in [-0.15, -0.1) is 0 Å². The van der Waals surface area contributed by atoms with Crippen LogP contribution < -0.4 is 10.3 Å². The zero-order valence-electron chi connectivity index (χ0n) is 19.5. The number of anilines is 1. The zero-order chi connectivity index (χ0) is 25.1. The monoisotopic (exact) mass is 509 g/mol. The summed E-state index contributed by atoms with van der Waals surface area (Å²) in [5.74, 6) is -1.86. The zero-order valence-corrected chi connectivity index (χ0v) is 20.3. The lowest BCUT2D eigenvalue weighted by molar-refractivity contribution is -0.135. The topological polar surface area (TPSA) is 82.8 Å². The average Bonchev–Trinajstić information content (AvgIpc) is 3.62. The summed E-state index contributed by atoms with van der Waals surface area (Å²) in [5.41, 5.74) is 2.20. The van der Waals surface area contributed by atoms with Crippen LogP contribution in [-0.4, -0.2) is 52.6 Å². The van der Waals surface area contributed by atoms with Crippen molar-refractivity contribution in [3.05, 3.63) is 74.3 Å². The van der Waals surface area contributed by atoms with Gasteiger partial charge >= 0.3 is 5.97 Å². The summed E-state index contributed by atoms with van der Waals surface area (Å²) >= 11 is 6.11. The van der Waals surface area contributed by atoms with Crippen molar-refractivity contribution in [2.45, 2.75) is 31.7 Å². The molecule has 1 saturated heterocycles. The summed E-state index contributed by atoms with van der Waals surface area (Å²) < 4.78 is 17.0. The van der Waals surface area contributed by atoms with E-state index in [1.54, 1.807) is 10.6 Å². The molecule has 36 heavy (non-hydrogen) atoms. The van der Waals surface area contributed by atoms with Crippen LogP contribution in [0, 0.1) is 11.7 Å². The van der Waals surface area contributed by atoms with E-state index in [-0.39, 0.29) is 28.8 Å². The summed E-state index contributed by atoms with van der Waals surface area (Å²) in [4.78, 5) is 41.2. The maximum atomic E-state index is 15.2. The minimum absolute atomic E-state index is 0.0813. The van der Waals surface area contributed by atoms with E-state index in [0.717, 1.165) is 24.5 Å². The smallest absolute Gasteiger partial charge is 0.341 e. The molecule has 0 spiro atoms. The van der Waals surface area contributed by atoms with Gasteiger partial charge in [-0.05, 0) is 61.1 Å². The molecular weight excluding hydrogens is 485 g/mol. The van der Waals surface area contributed by atoms with Crippen LogP contribution >= 0.6 is 11.6 Å². The Kier molecular flexibility index (Phi) is 5.52. The van der Waals surface area contributed by atoms with E-state index in [1.165, 1.54) is 11.8 Å². The maximum absolute atomic E-state index is 15.2. The number of carboxylic acids is 1. The minimum atomic E-state index is -1.31. The van der Waals surface area contributed by atoms with Crippen LogP contribution in [0.2, 0.25) is 5.02 Å². The van der Waals surface area contributed by atoms with Gasteiger partial charge in [0, 0.05) is 54.7 Å². The van der Waals surface area contributed by atoms with E-state index in [0.29, 0.717) is 55.2 Å². The van der Waals surface area contributed by atoms with Crippen molar-refractivity contribution in [2.24, 2.45) is 5.92 Å². The lowest BCUT2D eigenvalue weighted by Crippen LogP contribution is -2.50. The lowest BCUT2D eigenvalue weighted by atomic mass is 10.0. The van der Waals surface area contributed by atoms with Crippen molar-refractivity contribution >= 4 is 40.1 Å². The third kappa shape index (κ3) is 3.93. The highest BCUT2D eigenvalue weighted by Gasteiger charge is 2.33. The highest BCUT2D eigenvalue weighted by atomic mass is 35.5. The number of hydrogen-bond acceptors (Lipinski definition) is 4. The Morgan fingerprint density at radius 2 is 1.72 bits per heavy atom. The highest BCUT2D eigenvalue weighted by Crippen LogP contribution is 2.38. The molecule has 186 valence electrons. The summed E-state index contributed by atoms with van der Waals surface area (Å²) in [6.45, 7) is 1.91. The first-order valence-electron chi connectivity index (χ1n) is 12.2. The van der Waals surface area contributed by atoms with Gasteiger partial charge in [0.25, 0.3) is 0 Å². The number of benzene rings is 2. The number of fused-ring (bicyclic) bond motifs is 2. The van der Waals surface area contributed by atoms with Crippen molar-refractivity contribution in [1.82, 2.24) is 9.47 Å². The van der Waals surface area contributed by atoms with Crippen LogP contribution in [0.15, 0.2) is 41.3 Å². The Balaban J connectivity index is 1.22. The largest absolute Gasteiger partial charge is 0.477 e. The van der Waals surface area contributed by atoms with E-state index >= 15 is 4.39 Å². The Bertz CT molecular complexity index is 1470. The molecule has 2 fully saturated rings. The number of carbonyl (C=O) groups is 2. The number of aromatic nitrogens is 1. The van der Waals surface area contributed by atoms with Gasteiger partial charge in [0.2, 0.25) is 11.3 Å². The number of carboxylic acid groups (broad SMARTS) is 1. The van der Waals surface area contributed by atoms with Crippen LogP contribution in [0.1, 0.15) is 40.4 Å². The van der Waals surface area contributed by atoms with Crippen LogP contribution in [0.3, 0.4) is 0 Å². The van der Waals surface area contributed by atoms with Crippen molar-refractivity contribution < 1.29 is 19.1 Å². The van der Waals surface area contributed by atoms with Gasteiger partial charge in [0.15, 0.2) is 0 Å². The lowest BCUT2D eigenvalue weighted by Gasteiger charge is -2.37. The molecule has 2 aromatic carbocycles. The molecule has 1 aromatic heterocycles. The predicted octanol–water partition coefficient (Wildman–Crippen LogP) is 3.89. The van der Waals surface area contributed by atoms with Crippen molar-refractivity contribution in [2.75, 3.05) is 31.1 Å². The second-order valence-corrected chi connectivity index (χ2v) is 10.4. The molecule has 1 amide bonds. The van der Waals surface area contributed by atoms with Gasteiger partial charge in [0.05, 0.1) is 11.2 Å². The summed E-state index contributed by atoms with van der Waals surface area (Å²) in [6, 6.07) is 8.72. The first-order chi connectivity index (χ1) is 17.3. The molecule has 0 bridgehead atoms. The standard InChI is InChI=1S/C27H25ClFN3O4/c28-18-2-1-15-9-17(10-16(15)11-18)26(34)31-7-5-30(6-8-31)24-13-23-20(12-22(24)29)25(33)21(27(35)36)14-32(23)19-3-4-19/h1-2,11-14,17,19H,3-10H2,(H,35,36). The number of piperazine rings is 1. The second kappa shape index (κ2) is 8.62. The predicted molar refractivity (Wildman–Crippen MR) is 135 cm³/mol. The van der Waals surface area contributed by atoms with E-state index < -0.39 is 17.2 Å². The van der Waals surface area contributed by atoms with Gasteiger partial charge in [-0.2, -0.15) is 0 Å². The Labute approximate surface area is 211 Å². The fraction of sp³-hybridized carbons (Fsp3) is 0.370. The van der Waals surface area contributed by atoms with Crippen LogP contribution in [0.5, 0.6) is 0 Å². The van der Waals surface area contributed by atoms with Gasteiger partial charge in [0.1, 0.15) is 11.4 Å². The van der Waals surface area contributed by atoms with Crippen LogP contribution in [0.4, 0.5) is 10.1 Å². The molecule has 3 aliphatic rings. The third-order valence-corrected chi connectivity index (χ3v) is 7.89. The van der Waals surface area contributed by atoms with Gasteiger partial charge in [-0.25, -0.2) is 9.18 Å². The number of amides is 1. The summed E-state index contributed by atoms with van der Waals surface area (Å²) in [5, 5.41) is 10.2. The summed E-state index contributed by atoms with van der Waals surface area (Å²) in [6.07, 6.45) is 4.56. The van der Waals surface area contributed by atoms with Crippen LogP contribution in [-0.2, 0) is 17.6 Å². The molecule has 1 unspecified atom stereocenters. The minimum Gasteiger partial charge on any atom is -0.477 e. The number of pyridine rings is 1. The van der Waals surface area contributed by atoms with E-state index in [9.17, 15) is 19.5 Å². The van der Waals surface area contributed by atoms with E-state index in [2.05, 4.69) is 0 Å². The molecule has 1 N–H and O–H groups in total. The SMILES string of the molecule is O=C(O)c1cn(C2CC2)c2cc(N3CCN(C(=O)C4Cc5ccc(Cl)cc5C4)CC3)c(F)cc2c1=O. The van der Waals surface area contributed by atoms with Crippen molar-refractivity contribution in [1.29, 1.82) is 0 Å². The second-order valence-electron chi connectivity index (χ2n) is 9.97. The molecular formula is C27H25ClFN3O4. The fourth-order valence-corrected chi connectivity index (χ4v) is 5.79. The highest BCUT2D eigenvalue weighted by molar-refractivity contribution is 6.30. The number of halogens is 2. The molecule has 7 nitrogen and oxygen atoms in total. The number of carbonyl (C=O) groups excluding carboxylic acids is 1. The Morgan fingerprint density at radius 3 is 2.42 bits per heavy atom. The summed E-state index contributed by atoms with van der Waals surface area (Å²) in [7, 11) is 0. The quantitative estimate of drug-likeness (QED) is 0.577. The van der Waals surface area contributed by atoms with E-state index in [4.69, 9.17) is 11.6 Å². The molecule has 2 heterocycles. The molecule has 0 radical (unpaired) electrons. The van der Waals surface area contributed by atoms with E-state index in [1.807, 2.05) is 28.0 Å². The van der Waals surface area contributed by atoms with Gasteiger partial charge in [-0.3, -0.25) is 9.59 Å². The molecule has 9 heteroatoms. The van der Waals surface area contributed by atoms with Crippen LogP contribution in [0.25, 0.3) is 10.9 Å². The number of hydrogen-bond donors (Lipinski definition) is 1. The number of nitrogens with zero attached hydrogens (tertiary/aromatic N) is 3.